The van der Waals surface area contributed by atoms with Crippen molar-refractivity contribution in [3.8, 4) is 0 Å². The van der Waals surface area contributed by atoms with E-state index in [1.165, 1.54) is 0 Å². The van der Waals surface area contributed by atoms with E-state index >= 15 is 0 Å². The van der Waals surface area contributed by atoms with Crippen LogP contribution in [-0.2, 0) is 9.63 Å². The number of rotatable bonds is 2. The molecule has 0 unspecified atom stereocenters. The summed E-state index contributed by atoms with van der Waals surface area (Å²) in [6, 6.07) is 0. The second-order valence-electron chi connectivity index (χ2n) is 2.23. The van der Waals surface area contributed by atoms with E-state index in [-0.39, 0.29) is 11.3 Å². The van der Waals surface area contributed by atoms with Gasteiger partial charge in [0.2, 0.25) is 0 Å². The molecule has 10 heavy (non-hydrogen) atoms. The SMILES string of the molecule is O=C(CBr)ON1CCCC1. The van der Waals surface area contributed by atoms with Crippen molar-refractivity contribution in [2.24, 2.45) is 0 Å². The van der Waals surface area contributed by atoms with Gasteiger partial charge >= 0.3 is 5.97 Å². The van der Waals surface area contributed by atoms with Gasteiger partial charge in [-0.3, -0.25) is 0 Å². The van der Waals surface area contributed by atoms with Crippen LogP contribution in [-0.4, -0.2) is 29.5 Å². The summed E-state index contributed by atoms with van der Waals surface area (Å²) < 4.78 is 0. The maximum atomic E-state index is 10.7. The van der Waals surface area contributed by atoms with Crippen molar-refractivity contribution >= 4 is 21.9 Å². The van der Waals surface area contributed by atoms with Crippen LogP contribution in [0.1, 0.15) is 12.8 Å². The van der Waals surface area contributed by atoms with Crippen molar-refractivity contribution in [3.05, 3.63) is 0 Å². The van der Waals surface area contributed by atoms with Crippen molar-refractivity contribution in [1.29, 1.82) is 0 Å². The molecule has 0 atom stereocenters. The maximum Gasteiger partial charge on any atom is 0.335 e. The van der Waals surface area contributed by atoms with E-state index in [4.69, 9.17) is 4.84 Å². The second kappa shape index (κ2) is 3.93. The summed E-state index contributed by atoms with van der Waals surface area (Å²) in [6.07, 6.45) is 2.27. The van der Waals surface area contributed by atoms with E-state index in [0.717, 1.165) is 25.9 Å². The van der Waals surface area contributed by atoms with E-state index in [1.54, 1.807) is 5.06 Å². The highest BCUT2D eigenvalue weighted by Gasteiger charge is 2.14. The molecule has 1 aliphatic heterocycles. The van der Waals surface area contributed by atoms with Gasteiger partial charge in [-0.15, -0.1) is 5.06 Å². The van der Waals surface area contributed by atoms with Crippen LogP contribution in [0, 0.1) is 0 Å². The monoisotopic (exact) mass is 207 g/mol. The Morgan fingerprint density at radius 3 is 2.60 bits per heavy atom. The van der Waals surface area contributed by atoms with Gasteiger partial charge in [0.1, 0.15) is 5.33 Å². The fourth-order valence-electron chi connectivity index (χ4n) is 0.948. The fourth-order valence-corrected chi connectivity index (χ4v) is 1.05. The predicted octanol–water partition coefficient (Wildman–Crippen LogP) is 0.935. The Morgan fingerprint density at radius 2 is 2.10 bits per heavy atom. The third-order valence-electron chi connectivity index (χ3n) is 1.41. The molecule has 0 amide bonds. The number of halogens is 1. The van der Waals surface area contributed by atoms with E-state index < -0.39 is 0 Å². The lowest BCUT2D eigenvalue weighted by molar-refractivity contribution is -0.181. The summed E-state index contributed by atoms with van der Waals surface area (Å²) >= 11 is 3.02. The van der Waals surface area contributed by atoms with Gasteiger partial charge in [0, 0.05) is 13.1 Å². The summed E-state index contributed by atoms with van der Waals surface area (Å²) in [6.45, 7) is 1.78. The third-order valence-corrected chi connectivity index (χ3v) is 1.86. The number of alkyl halides is 1. The standard InChI is InChI=1S/C6H10BrNO2/c7-5-6(9)10-8-3-1-2-4-8/h1-5H2. The molecule has 1 rings (SSSR count). The minimum Gasteiger partial charge on any atom is -0.367 e. The van der Waals surface area contributed by atoms with Gasteiger partial charge in [-0.2, -0.15) is 0 Å². The van der Waals surface area contributed by atoms with Crippen LogP contribution in [0.25, 0.3) is 0 Å². The van der Waals surface area contributed by atoms with Gasteiger partial charge in [-0.25, -0.2) is 4.79 Å². The van der Waals surface area contributed by atoms with E-state index in [2.05, 4.69) is 15.9 Å². The van der Waals surface area contributed by atoms with Gasteiger partial charge in [-0.1, -0.05) is 15.9 Å². The van der Waals surface area contributed by atoms with E-state index in [1.807, 2.05) is 0 Å². The zero-order valence-corrected chi connectivity index (χ0v) is 7.26. The van der Waals surface area contributed by atoms with Gasteiger partial charge in [0.05, 0.1) is 0 Å². The van der Waals surface area contributed by atoms with Crippen molar-refractivity contribution in [1.82, 2.24) is 5.06 Å². The molecule has 0 aromatic carbocycles. The number of carbonyl (C=O) groups excluding carboxylic acids is 1. The molecule has 1 saturated heterocycles. The number of carbonyl (C=O) groups is 1. The first-order chi connectivity index (χ1) is 4.83. The Labute approximate surface area is 68.4 Å². The third kappa shape index (κ3) is 2.27. The molecule has 3 nitrogen and oxygen atoms in total. The van der Waals surface area contributed by atoms with Crippen molar-refractivity contribution in [2.45, 2.75) is 12.8 Å². The van der Waals surface area contributed by atoms with Gasteiger partial charge < -0.3 is 4.84 Å². The Bertz CT molecular complexity index is 123. The highest BCUT2D eigenvalue weighted by Crippen LogP contribution is 2.07. The highest BCUT2D eigenvalue weighted by molar-refractivity contribution is 9.09. The van der Waals surface area contributed by atoms with Crippen molar-refractivity contribution < 1.29 is 9.63 Å². The lowest BCUT2D eigenvalue weighted by Crippen LogP contribution is -2.24. The molecule has 58 valence electrons. The summed E-state index contributed by atoms with van der Waals surface area (Å²) in [5.41, 5.74) is 0. The molecule has 0 bridgehead atoms. The van der Waals surface area contributed by atoms with Crippen LogP contribution in [0.2, 0.25) is 0 Å². The van der Waals surface area contributed by atoms with Crippen LogP contribution in [0.15, 0.2) is 0 Å². The van der Waals surface area contributed by atoms with E-state index in [0.29, 0.717) is 0 Å². The van der Waals surface area contributed by atoms with Crippen molar-refractivity contribution in [2.75, 3.05) is 18.4 Å². The highest BCUT2D eigenvalue weighted by atomic mass is 79.9. The molecule has 0 saturated carbocycles. The zero-order chi connectivity index (χ0) is 7.40. The molecule has 0 aromatic rings. The van der Waals surface area contributed by atoms with Crippen LogP contribution in [0.4, 0.5) is 0 Å². The molecule has 0 aromatic heterocycles. The van der Waals surface area contributed by atoms with Gasteiger partial charge in [0.15, 0.2) is 0 Å². The molecule has 0 radical (unpaired) electrons. The lowest BCUT2D eigenvalue weighted by Gasteiger charge is -2.12. The summed E-state index contributed by atoms with van der Waals surface area (Å²) in [5, 5.41) is 1.99. The number of hydrogen-bond donors (Lipinski definition) is 0. The van der Waals surface area contributed by atoms with E-state index in [9.17, 15) is 4.79 Å². The molecule has 0 N–H and O–H groups in total. The number of hydroxylamine groups is 2. The van der Waals surface area contributed by atoms with Crippen LogP contribution in [0.3, 0.4) is 0 Å². The molecule has 1 heterocycles. The van der Waals surface area contributed by atoms with Gasteiger partial charge in [-0.05, 0) is 12.8 Å². The average Bonchev–Trinajstić information content (AvgIpc) is 2.40. The van der Waals surface area contributed by atoms with Crippen LogP contribution < -0.4 is 0 Å². The normalized spacial score (nSPS) is 19.3. The fraction of sp³-hybridized carbons (Fsp3) is 0.833. The molecule has 0 aliphatic carbocycles. The first kappa shape index (κ1) is 8.01. The molecule has 1 aliphatic rings. The van der Waals surface area contributed by atoms with Gasteiger partial charge in [0.25, 0.3) is 0 Å². The zero-order valence-electron chi connectivity index (χ0n) is 5.68. The van der Waals surface area contributed by atoms with Crippen LogP contribution in [0.5, 0.6) is 0 Å². The predicted molar refractivity (Wildman–Crippen MR) is 40.7 cm³/mol. The molecular formula is C6H10BrNO2. The average molecular weight is 208 g/mol. The summed E-state index contributed by atoms with van der Waals surface area (Å²) in [5.74, 6) is -0.207. The minimum atomic E-state index is -0.207. The van der Waals surface area contributed by atoms with Crippen molar-refractivity contribution in [3.63, 3.8) is 0 Å². The largest absolute Gasteiger partial charge is 0.367 e. The minimum absolute atomic E-state index is 0.207. The molecular weight excluding hydrogens is 198 g/mol. The Hall–Kier alpha value is -0.0900. The Kier molecular flexibility index (Phi) is 3.15. The topological polar surface area (TPSA) is 29.5 Å². The summed E-state index contributed by atoms with van der Waals surface area (Å²) in [7, 11) is 0. The summed E-state index contributed by atoms with van der Waals surface area (Å²) in [4.78, 5) is 15.6. The Morgan fingerprint density at radius 1 is 1.50 bits per heavy atom. The first-order valence-electron chi connectivity index (χ1n) is 3.34. The second-order valence-corrected chi connectivity index (χ2v) is 2.79. The molecule has 1 fully saturated rings. The first-order valence-corrected chi connectivity index (χ1v) is 4.47. The quantitative estimate of drug-likeness (QED) is 0.632. The maximum absolute atomic E-state index is 10.7. The molecule has 4 heteroatoms. The number of hydrogen-bond acceptors (Lipinski definition) is 3. The molecule has 0 spiro atoms. The Balaban J connectivity index is 2.17. The lowest BCUT2D eigenvalue weighted by atomic mass is 10.4. The van der Waals surface area contributed by atoms with Crippen LogP contribution >= 0.6 is 15.9 Å². The number of nitrogens with zero attached hydrogens (tertiary/aromatic N) is 1. The smallest absolute Gasteiger partial charge is 0.335 e.